The van der Waals surface area contributed by atoms with Crippen LogP contribution in [0.25, 0.3) is 0 Å². The van der Waals surface area contributed by atoms with Gasteiger partial charge in [0.1, 0.15) is 36.5 Å². The van der Waals surface area contributed by atoms with Crippen molar-refractivity contribution >= 4 is 41.4 Å². The summed E-state index contributed by atoms with van der Waals surface area (Å²) in [6.07, 6.45) is -8.47. The lowest BCUT2D eigenvalue weighted by Gasteiger charge is -2.39. The number of nitrogens with zero attached hydrogens (tertiary/aromatic N) is 4. The van der Waals surface area contributed by atoms with Gasteiger partial charge < -0.3 is 69.7 Å². The fourth-order valence-corrected chi connectivity index (χ4v) is 10.2. The Morgan fingerprint density at radius 2 is 1.55 bits per heavy atom. The number of aliphatic hydroxyl groups excluding tert-OH is 4. The van der Waals surface area contributed by atoms with Crippen LogP contribution < -0.4 is 15.4 Å². The minimum Gasteiger partial charge on any atom is -0.479 e. The lowest BCUT2D eigenvalue weighted by Crippen LogP contribution is -2.61. The highest BCUT2D eigenvalue weighted by atomic mass is 16.7. The zero-order chi connectivity index (χ0) is 60.0. The number of hydrogen-bond donors (Lipinski definition) is 7. The van der Waals surface area contributed by atoms with E-state index in [-0.39, 0.29) is 30.2 Å². The number of carbonyl (C=O) groups excluding carboxylic acids is 5. The van der Waals surface area contributed by atoms with Crippen LogP contribution >= 0.6 is 0 Å². The van der Waals surface area contributed by atoms with Crippen molar-refractivity contribution in [2.24, 2.45) is 17.8 Å². The molecule has 2 aromatic rings. The number of aliphatic hydroxyl groups is 4. The van der Waals surface area contributed by atoms with Crippen molar-refractivity contribution in [1.29, 1.82) is 0 Å². The quantitative estimate of drug-likeness (QED) is 0.0292. The second-order valence-electron chi connectivity index (χ2n) is 21.0. The van der Waals surface area contributed by atoms with Gasteiger partial charge in [-0.15, -0.1) is 12.3 Å². The number of rotatable bonds is 27. The van der Waals surface area contributed by atoms with Gasteiger partial charge in [0.05, 0.1) is 60.1 Å². The number of likely N-dealkylation sites (N-methyl/N-ethyl adjacent to an activating group) is 2. The highest BCUT2D eigenvalue weighted by molar-refractivity contribution is 5.92. The average Bonchev–Trinajstić information content (AvgIpc) is 3.91. The number of methoxy groups -OCH3 is 2. The van der Waals surface area contributed by atoms with Crippen molar-refractivity contribution in [1.82, 2.24) is 25.3 Å². The van der Waals surface area contributed by atoms with E-state index in [1.165, 1.54) is 39.3 Å². The molecule has 2 aromatic carbocycles. The molecule has 7 N–H and O–H groups in total. The Labute approximate surface area is 466 Å². The van der Waals surface area contributed by atoms with Crippen molar-refractivity contribution in [2.75, 3.05) is 34.9 Å². The zero-order valence-electron chi connectivity index (χ0n) is 47.3. The molecule has 2 saturated heterocycles. The van der Waals surface area contributed by atoms with Gasteiger partial charge in [0, 0.05) is 46.5 Å². The fourth-order valence-electron chi connectivity index (χ4n) is 10.2. The minimum atomic E-state index is -2.06. The number of hydrogen-bond acceptors (Lipinski definition) is 17. The number of amides is 5. The highest BCUT2D eigenvalue weighted by Crippen LogP contribution is 2.36. The molecule has 2 aliphatic rings. The van der Waals surface area contributed by atoms with Crippen LogP contribution in [0.4, 0.5) is 10.5 Å². The summed E-state index contributed by atoms with van der Waals surface area (Å²) in [6, 6.07) is 7.77. The lowest BCUT2D eigenvalue weighted by molar-refractivity contribution is -0.387. The van der Waals surface area contributed by atoms with Crippen LogP contribution in [0, 0.1) is 40.2 Å². The Bertz CT molecular complexity index is 2530. The van der Waals surface area contributed by atoms with E-state index >= 15 is 0 Å². The number of aliphatic carboxylic acids is 1. The number of carbonyl (C=O) groups is 6. The SMILES string of the molecule is C#CCC(OC(=O)N(C)[C@H](C(=O)N[C@H](C(=O)N(C)[C@@H](C(=C)CC)[C@@H](CC(=O)N1CCC[C@H]1[C@H](OC)[C@@H](C)C(=O)N[C@H](C)[C@@H](O)c1ccccc1)OC)C(C)C)C(C)C)c1ccc(O[C@@H]2O[C@H](C(=O)O)[C@@H](O)[C@H](O)[C@H]2O)c([N+](=O)[O-])c1. The summed E-state index contributed by atoms with van der Waals surface area (Å²) in [4.78, 5) is 98.3. The number of carboxylic acids is 1. The second-order valence-corrected chi connectivity index (χ2v) is 21.0. The number of carboxylic acid groups (broad SMARTS) is 1. The molecule has 2 heterocycles. The van der Waals surface area contributed by atoms with Crippen LogP contribution in [-0.4, -0.2) is 189 Å². The lowest BCUT2D eigenvalue weighted by atomic mass is 9.92. The smallest absolute Gasteiger partial charge is 0.410 e. The van der Waals surface area contributed by atoms with E-state index in [2.05, 4.69) is 23.1 Å². The van der Waals surface area contributed by atoms with Gasteiger partial charge in [0.15, 0.2) is 11.9 Å². The summed E-state index contributed by atoms with van der Waals surface area (Å²) in [5, 5.41) is 69.1. The average molecular weight is 1130 g/mol. The van der Waals surface area contributed by atoms with Crippen molar-refractivity contribution in [3.8, 4) is 18.1 Å². The molecule has 442 valence electrons. The van der Waals surface area contributed by atoms with E-state index in [1.54, 1.807) is 70.7 Å². The molecule has 15 atom stereocenters. The first-order valence-corrected chi connectivity index (χ1v) is 26.5. The molecule has 80 heavy (non-hydrogen) atoms. The van der Waals surface area contributed by atoms with Gasteiger partial charge in [-0.1, -0.05) is 90.1 Å². The summed E-state index contributed by atoms with van der Waals surface area (Å²) in [5.74, 6) is -3.69. The molecule has 24 nitrogen and oxygen atoms in total. The van der Waals surface area contributed by atoms with Crippen molar-refractivity contribution < 1.29 is 82.9 Å². The summed E-state index contributed by atoms with van der Waals surface area (Å²) < 4.78 is 28.2. The number of nitro benzene ring substituents is 1. The molecule has 0 radical (unpaired) electrons. The Kier molecular flexibility index (Phi) is 24.4. The van der Waals surface area contributed by atoms with Crippen LogP contribution in [0.3, 0.4) is 0 Å². The predicted octanol–water partition coefficient (Wildman–Crippen LogP) is 3.24. The summed E-state index contributed by atoms with van der Waals surface area (Å²) in [6.45, 7) is 16.7. The number of nitro groups is 1. The van der Waals surface area contributed by atoms with E-state index in [1.807, 2.05) is 13.0 Å². The Morgan fingerprint density at radius 1 is 0.900 bits per heavy atom. The Morgan fingerprint density at radius 3 is 2.10 bits per heavy atom. The summed E-state index contributed by atoms with van der Waals surface area (Å²) in [5.41, 5.74) is 0.430. The monoisotopic (exact) mass is 1120 g/mol. The predicted molar refractivity (Wildman–Crippen MR) is 289 cm³/mol. The molecule has 0 bridgehead atoms. The molecule has 2 aliphatic heterocycles. The largest absolute Gasteiger partial charge is 0.479 e. The van der Waals surface area contributed by atoms with Gasteiger partial charge in [-0.25, -0.2) is 9.59 Å². The molecule has 4 rings (SSSR count). The van der Waals surface area contributed by atoms with Gasteiger partial charge in [0.2, 0.25) is 29.9 Å². The van der Waals surface area contributed by atoms with Gasteiger partial charge in [0.25, 0.3) is 0 Å². The van der Waals surface area contributed by atoms with Crippen molar-refractivity contribution in [3.63, 3.8) is 0 Å². The number of terminal acetylenes is 1. The first-order valence-electron chi connectivity index (χ1n) is 26.5. The van der Waals surface area contributed by atoms with Gasteiger partial charge in [-0.3, -0.25) is 34.2 Å². The van der Waals surface area contributed by atoms with E-state index < -0.39 is 143 Å². The van der Waals surface area contributed by atoms with Crippen LogP contribution in [0.2, 0.25) is 0 Å². The Balaban J connectivity index is 1.50. The van der Waals surface area contributed by atoms with Crippen LogP contribution in [0.1, 0.15) is 104 Å². The third kappa shape index (κ3) is 15.8. The van der Waals surface area contributed by atoms with Crippen molar-refractivity contribution in [2.45, 2.75) is 166 Å². The molecule has 0 spiro atoms. The minimum absolute atomic E-state index is 0.00764. The summed E-state index contributed by atoms with van der Waals surface area (Å²) >= 11 is 0. The van der Waals surface area contributed by atoms with E-state index in [0.29, 0.717) is 36.9 Å². The van der Waals surface area contributed by atoms with E-state index in [9.17, 15) is 64.4 Å². The number of benzene rings is 2. The number of ether oxygens (including phenoxy) is 5. The van der Waals surface area contributed by atoms with Gasteiger partial charge >= 0.3 is 17.7 Å². The third-order valence-corrected chi connectivity index (χ3v) is 14.8. The van der Waals surface area contributed by atoms with Crippen molar-refractivity contribution in [3.05, 3.63) is 81.9 Å². The number of likely N-dealkylation sites (tertiary alicyclic amines) is 1. The maximum atomic E-state index is 14.7. The molecular formula is C56H80N6O18. The first kappa shape index (κ1) is 65.8. The summed E-state index contributed by atoms with van der Waals surface area (Å²) in [7, 11) is 5.72. The van der Waals surface area contributed by atoms with Crippen LogP contribution in [0.5, 0.6) is 5.75 Å². The van der Waals surface area contributed by atoms with E-state index in [0.717, 1.165) is 17.0 Å². The maximum absolute atomic E-state index is 14.7. The highest BCUT2D eigenvalue weighted by Gasteiger charge is 2.49. The molecule has 24 heteroatoms. The molecular weight excluding hydrogens is 1040 g/mol. The molecule has 1 unspecified atom stereocenters. The van der Waals surface area contributed by atoms with Crippen LogP contribution in [0.15, 0.2) is 60.7 Å². The maximum Gasteiger partial charge on any atom is 0.410 e. The Hall–Kier alpha value is -6.72. The first-order chi connectivity index (χ1) is 37.7. The zero-order valence-corrected chi connectivity index (χ0v) is 47.3. The molecule has 0 saturated carbocycles. The molecule has 0 aromatic heterocycles. The number of nitrogens with one attached hydrogen (secondary N) is 2. The topological polar surface area (TPSA) is 327 Å². The molecule has 0 aliphatic carbocycles. The standard InChI is InChI=1S/C56H80N6O18/c1-14-20-38(35-24-25-39(37(27-35)62(74)75)78-55-48(67)46(65)47(66)50(80-55)54(71)72)79-56(73)60(11)43(30(5)6)52(69)58-42(29(3)4)53(70)59(10)44(31(7)15-2)40(76-12)28-41(63)61-26-19-23-36(61)49(77-13)32(8)51(68)57-33(9)45(64)34-21-17-16-18-22-34/h1,16-18,21-22,24-25,27,29-30,32-33,36,38,40,42-50,55,64-67H,7,15,19-20,23,26,28H2,2-6,8-13H3,(H,57,68)(H,58,69)(H,71,72)/t32-,33-,36+,38?,40-,42+,43+,44+,45-,46+,47+,48-,49-,50+,55-/m1/s1. The molecule has 5 amide bonds. The second kappa shape index (κ2) is 29.7. The van der Waals surface area contributed by atoms with Crippen LogP contribution in [-0.2, 0) is 42.9 Å². The normalized spacial score (nSPS) is 22.5. The van der Waals surface area contributed by atoms with Gasteiger partial charge in [-0.2, -0.15) is 0 Å². The van der Waals surface area contributed by atoms with E-state index in [4.69, 9.17) is 30.1 Å². The van der Waals surface area contributed by atoms with Gasteiger partial charge in [-0.05, 0) is 49.7 Å². The molecule has 2 fully saturated rings. The third-order valence-electron chi connectivity index (χ3n) is 14.8. The fraction of sp³-hybridized carbons (Fsp3) is 0.607.